The molecule has 0 N–H and O–H groups in total. The second-order valence-corrected chi connectivity index (χ2v) is 4.42. The Hall–Kier alpha value is -1.11. The van der Waals surface area contributed by atoms with E-state index in [9.17, 15) is 4.79 Å². The molecule has 1 radical (unpaired) electrons. The number of benzene rings is 1. The standard InChI is InChI=1S/C16H23O/c1-4-7-8-9-16(17)15-11-10-13(5-2)14(6-3)12-15/h10-12H,1,4-9H2,2-3H3. The van der Waals surface area contributed by atoms with E-state index in [-0.39, 0.29) is 5.78 Å². The molecule has 0 aliphatic carbocycles. The molecule has 0 amide bonds. The lowest BCUT2D eigenvalue weighted by Crippen LogP contribution is -2.01. The normalized spacial score (nSPS) is 10.5. The van der Waals surface area contributed by atoms with Gasteiger partial charge < -0.3 is 0 Å². The summed E-state index contributed by atoms with van der Waals surface area (Å²) >= 11 is 0. The highest BCUT2D eigenvalue weighted by Crippen LogP contribution is 2.16. The van der Waals surface area contributed by atoms with Crippen LogP contribution in [0.1, 0.15) is 61.0 Å². The molecule has 17 heavy (non-hydrogen) atoms. The average Bonchev–Trinajstić information content (AvgIpc) is 2.38. The van der Waals surface area contributed by atoms with E-state index in [1.54, 1.807) is 0 Å². The summed E-state index contributed by atoms with van der Waals surface area (Å²) in [5.74, 6) is 0.274. The van der Waals surface area contributed by atoms with Crippen LogP contribution >= 0.6 is 0 Å². The van der Waals surface area contributed by atoms with Crippen molar-refractivity contribution < 1.29 is 4.79 Å². The maximum absolute atomic E-state index is 12.0. The van der Waals surface area contributed by atoms with E-state index in [0.717, 1.165) is 37.7 Å². The molecule has 0 saturated carbocycles. The molecule has 1 nitrogen and oxygen atoms in total. The minimum atomic E-state index is 0.274. The van der Waals surface area contributed by atoms with E-state index >= 15 is 0 Å². The Labute approximate surface area is 105 Å². The summed E-state index contributed by atoms with van der Waals surface area (Å²) in [4.78, 5) is 12.0. The Morgan fingerprint density at radius 1 is 1.12 bits per heavy atom. The summed E-state index contributed by atoms with van der Waals surface area (Å²) in [5, 5.41) is 0. The quantitative estimate of drug-likeness (QED) is 0.502. The predicted molar refractivity (Wildman–Crippen MR) is 73.4 cm³/mol. The van der Waals surface area contributed by atoms with Gasteiger partial charge in [0.15, 0.2) is 5.78 Å². The summed E-state index contributed by atoms with van der Waals surface area (Å²) in [6.45, 7) is 8.10. The fourth-order valence-electron chi connectivity index (χ4n) is 2.08. The Kier molecular flexibility index (Phi) is 5.96. The Morgan fingerprint density at radius 2 is 1.82 bits per heavy atom. The van der Waals surface area contributed by atoms with Gasteiger partial charge in [-0.05, 0) is 36.5 Å². The van der Waals surface area contributed by atoms with E-state index in [1.165, 1.54) is 11.1 Å². The first-order valence-corrected chi connectivity index (χ1v) is 6.67. The first kappa shape index (κ1) is 14.0. The van der Waals surface area contributed by atoms with E-state index < -0.39 is 0 Å². The molecule has 0 aliphatic heterocycles. The van der Waals surface area contributed by atoms with Crippen LogP contribution in [0.3, 0.4) is 0 Å². The third kappa shape index (κ3) is 3.99. The Bertz CT molecular complexity index is 366. The zero-order valence-electron chi connectivity index (χ0n) is 11.1. The van der Waals surface area contributed by atoms with Crippen molar-refractivity contribution in [2.45, 2.75) is 52.4 Å². The highest BCUT2D eigenvalue weighted by atomic mass is 16.1. The molecule has 0 atom stereocenters. The summed E-state index contributed by atoms with van der Waals surface area (Å²) < 4.78 is 0. The molecule has 93 valence electrons. The number of hydrogen-bond donors (Lipinski definition) is 0. The summed E-state index contributed by atoms with van der Waals surface area (Å²) in [6.07, 6.45) is 5.62. The molecule has 0 heterocycles. The van der Waals surface area contributed by atoms with Crippen LogP contribution in [-0.4, -0.2) is 5.78 Å². The third-order valence-corrected chi connectivity index (χ3v) is 3.19. The second kappa shape index (κ2) is 7.26. The molecule has 1 aromatic rings. The van der Waals surface area contributed by atoms with E-state index in [0.29, 0.717) is 6.42 Å². The van der Waals surface area contributed by atoms with Gasteiger partial charge in [0, 0.05) is 12.0 Å². The number of unbranched alkanes of at least 4 members (excludes halogenated alkanes) is 2. The van der Waals surface area contributed by atoms with Crippen LogP contribution in [0.5, 0.6) is 0 Å². The largest absolute Gasteiger partial charge is 0.294 e. The lowest BCUT2D eigenvalue weighted by molar-refractivity contribution is 0.0979. The van der Waals surface area contributed by atoms with Gasteiger partial charge in [0.2, 0.25) is 0 Å². The average molecular weight is 231 g/mol. The minimum Gasteiger partial charge on any atom is -0.294 e. The maximum Gasteiger partial charge on any atom is 0.162 e. The van der Waals surface area contributed by atoms with Gasteiger partial charge in [0.25, 0.3) is 0 Å². The van der Waals surface area contributed by atoms with Gasteiger partial charge in [0.05, 0.1) is 0 Å². The van der Waals surface area contributed by atoms with Crippen molar-refractivity contribution >= 4 is 5.78 Å². The van der Waals surface area contributed by atoms with Crippen LogP contribution in [0.25, 0.3) is 0 Å². The predicted octanol–water partition coefficient (Wildman–Crippen LogP) is 4.39. The molecule has 1 rings (SSSR count). The highest BCUT2D eigenvalue weighted by Gasteiger charge is 2.07. The minimum absolute atomic E-state index is 0.274. The van der Waals surface area contributed by atoms with Gasteiger partial charge in [-0.25, -0.2) is 0 Å². The Morgan fingerprint density at radius 3 is 2.41 bits per heavy atom. The van der Waals surface area contributed by atoms with Crippen LogP contribution in [0.15, 0.2) is 18.2 Å². The third-order valence-electron chi connectivity index (χ3n) is 3.19. The van der Waals surface area contributed by atoms with Gasteiger partial charge >= 0.3 is 0 Å². The molecule has 0 aliphatic rings. The number of aryl methyl sites for hydroxylation is 2. The molecule has 0 aromatic heterocycles. The SMILES string of the molecule is [CH2]CCCCC(=O)c1ccc(CC)c(CC)c1. The van der Waals surface area contributed by atoms with Gasteiger partial charge in [-0.15, -0.1) is 0 Å². The van der Waals surface area contributed by atoms with Crippen LogP contribution in [-0.2, 0) is 12.8 Å². The molecule has 0 spiro atoms. The van der Waals surface area contributed by atoms with E-state index in [1.807, 2.05) is 6.07 Å². The first-order valence-electron chi connectivity index (χ1n) is 6.67. The Balaban J connectivity index is 2.74. The zero-order valence-corrected chi connectivity index (χ0v) is 11.1. The smallest absolute Gasteiger partial charge is 0.162 e. The summed E-state index contributed by atoms with van der Waals surface area (Å²) in [7, 11) is 0. The number of ketones is 1. The van der Waals surface area contributed by atoms with E-state index in [2.05, 4.69) is 32.9 Å². The molecule has 0 bridgehead atoms. The molecule has 0 fully saturated rings. The fourth-order valence-corrected chi connectivity index (χ4v) is 2.08. The topological polar surface area (TPSA) is 17.1 Å². The maximum atomic E-state index is 12.0. The van der Waals surface area contributed by atoms with Crippen LogP contribution < -0.4 is 0 Å². The molecular weight excluding hydrogens is 208 g/mol. The number of carbonyl (C=O) groups excluding carboxylic acids is 1. The van der Waals surface area contributed by atoms with Crippen LogP contribution in [0.2, 0.25) is 0 Å². The fraction of sp³-hybridized carbons (Fsp3) is 0.500. The van der Waals surface area contributed by atoms with Crippen molar-refractivity contribution in [2.24, 2.45) is 0 Å². The van der Waals surface area contributed by atoms with Crippen molar-refractivity contribution in [1.29, 1.82) is 0 Å². The molecular formula is C16H23O. The molecule has 0 saturated heterocycles. The van der Waals surface area contributed by atoms with Crippen LogP contribution in [0, 0.1) is 6.92 Å². The molecule has 0 unspecified atom stereocenters. The summed E-state index contributed by atoms with van der Waals surface area (Å²) in [5.41, 5.74) is 3.56. The molecule has 1 aromatic carbocycles. The lowest BCUT2D eigenvalue weighted by Gasteiger charge is -2.08. The zero-order chi connectivity index (χ0) is 12.7. The van der Waals surface area contributed by atoms with Crippen molar-refractivity contribution in [3.8, 4) is 0 Å². The summed E-state index contributed by atoms with van der Waals surface area (Å²) in [6, 6.07) is 6.16. The van der Waals surface area contributed by atoms with Crippen molar-refractivity contribution in [3.63, 3.8) is 0 Å². The first-order chi connectivity index (χ1) is 8.22. The lowest BCUT2D eigenvalue weighted by atomic mass is 9.96. The number of rotatable bonds is 7. The van der Waals surface area contributed by atoms with Crippen LogP contribution in [0.4, 0.5) is 0 Å². The molecule has 1 heteroatoms. The van der Waals surface area contributed by atoms with Gasteiger partial charge in [-0.3, -0.25) is 4.79 Å². The van der Waals surface area contributed by atoms with Gasteiger partial charge in [-0.1, -0.05) is 45.7 Å². The van der Waals surface area contributed by atoms with Crippen molar-refractivity contribution in [3.05, 3.63) is 41.8 Å². The number of carbonyl (C=O) groups is 1. The van der Waals surface area contributed by atoms with Gasteiger partial charge in [-0.2, -0.15) is 0 Å². The number of hydrogen-bond acceptors (Lipinski definition) is 1. The van der Waals surface area contributed by atoms with Crippen molar-refractivity contribution in [1.82, 2.24) is 0 Å². The second-order valence-electron chi connectivity index (χ2n) is 4.42. The number of Topliss-reactive ketones (excluding diaryl/α,β-unsaturated/α-hetero) is 1. The monoisotopic (exact) mass is 231 g/mol. The van der Waals surface area contributed by atoms with E-state index in [4.69, 9.17) is 0 Å². The highest BCUT2D eigenvalue weighted by molar-refractivity contribution is 5.96. The van der Waals surface area contributed by atoms with Gasteiger partial charge in [0.1, 0.15) is 0 Å². The van der Waals surface area contributed by atoms with Crippen molar-refractivity contribution in [2.75, 3.05) is 0 Å².